The van der Waals surface area contributed by atoms with Crippen LogP contribution in [0.3, 0.4) is 0 Å². The van der Waals surface area contributed by atoms with E-state index in [9.17, 15) is 14.7 Å². The minimum atomic E-state index is -0.833. The molecule has 2 aromatic rings. The van der Waals surface area contributed by atoms with Crippen molar-refractivity contribution in [2.24, 2.45) is 0 Å². The van der Waals surface area contributed by atoms with Crippen molar-refractivity contribution in [1.29, 1.82) is 0 Å². The smallest absolute Gasteiger partial charge is 0.295 e. The van der Waals surface area contributed by atoms with Gasteiger partial charge in [0.1, 0.15) is 28.6 Å². The number of likely N-dealkylation sites (tertiary alicyclic amines) is 1. The van der Waals surface area contributed by atoms with Crippen LogP contribution in [0.15, 0.2) is 48.0 Å². The molecular weight excluding hydrogens is 426 g/mol. The molecule has 1 aliphatic heterocycles. The summed E-state index contributed by atoms with van der Waals surface area (Å²) in [5, 5.41) is 11.4. The first-order valence-corrected chi connectivity index (χ1v) is 10.7. The molecule has 3 rings (SSSR count). The van der Waals surface area contributed by atoms with E-state index in [0.717, 1.165) is 6.42 Å². The van der Waals surface area contributed by atoms with Crippen molar-refractivity contribution in [3.63, 3.8) is 0 Å². The highest BCUT2D eigenvalue weighted by atomic mass is 16.5. The molecule has 1 aliphatic rings. The van der Waals surface area contributed by atoms with Crippen molar-refractivity contribution >= 4 is 17.4 Å². The summed E-state index contributed by atoms with van der Waals surface area (Å²) in [7, 11) is 4.42. The van der Waals surface area contributed by atoms with Crippen LogP contribution in [0.5, 0.6) is 17.2 Å². The van der Waals surface area contributed by atoms with E-state index in [1.165, 1.54) is 26.2 Å². The summed E-state index contributed by atoms with van der Waals surface area (Å²) < 4.78 is 21.7. The number of amides is 1. The van der Waals surface area contributed by atoms with Gasteiger partial charge in [0.25, 0.3) is 11.7 Å². The van der Waals surface area contributed by atoms with E-state index in [2.05, 4.69) is 0 Å². The molecule has 1 atom stereocenters. The summed E-state index contributed by atoms with van der Waals surface area (Å²) in [6.07, 6.45) is 0.837. The molecule has 1 amide bonds. The zero-order valence-electron chi connectivity index (χ0n) is 19.3. The van der Waals surface area contributed by atoms with Crippen molar-refractivity contribution in [1.82, 2.24) is 4.90 Å². The molecule has 0 aliphatic carbocycles. The second-order valence-corrected chi connectivity index (χ2v) is 7.44. The first kappa shape index (κ1) is 24.1. The van der Waals surface area contributed by atoms with Crippen LogP contribution in [0.2, 0.25) is 0 Å². The van der Waals surface area contributed by atoms with Crippen molar-refractivity contribution in [3.05, 3.63) is 59.2 Å². The number of ether oxygens (including phenoxy) is 4. The zero-order chi connectivity index (χ0) is 24.0. The number of carbonyl (C=O) groups excluding carboxylic acids is 2. The lowest BCUT2D eigenvalue weighted by atomic mass is 9.94. The SMILES string of the molecule is CCCOc1cccc(C2/C(=C(\O)c3c(OC)cccc3OC)C(=O)C(=O)N2CCOC)c1. The van der Waals surface area contributed by atoms with Crippen LogP contribution in [0.4, 0.5) is 0 Å². The average Bonchev–Trinajstić information content (AvgIpc) is 3.10. The lowest BCUT2D eigenvalue weighted by molar-refractivity contribution is -0.140. The third-order valence-corrected chi connectivity index (χ3v) is 5.39. The molecule has 1 saturated heterocycles. The largest absolute Gasteiger partial charge is 0.506 e. The molecule has 8 nitrogen and oxygen atoms in total. The molecule has 1 fully saturated rings. The van der Waals surface area contributed by atoms with Crippen LogP contribution in [-0.2, 0) is 14.3 Å². The fourth-order valence-corrected chi connectivity index (χ4v) is 3.86. The number of hydrogen-bond acceptors (Lipinski definition) is 7. The lowest BCUT2D eigenvalue weighted by Crippen LogP contribution is -2.32. The van der Waals surface area contributed by atoms with Gasteiger partial charge in [-0.1, -0.05) is 25.1 Å². The number of rotatable bonds is 10. The Labute approximate surface area is 193 Å². The first-order valence-electron chi connectivity index (χ1n) is 10.7. The van der Waals surface area contributed by atoms with Gasteiger partial charge in [-0.25, -0.2) is 0 Å². The Morgan fingerprint density at radius 2 is 1.67 bits per heavy atom. The van der Waals surface area contributed by atoms with E-state index in [1.54, 1.807) is 36.4 Å². The molecule has 0 aromatic heterocycles. The minimum absolute atomic E-state index is 0.0495. The molecule has 0 radical (unpaired) electrons. The van der Waals surface area contributed by atoms with E-state index in [0.29, 0.717) is 29.4 Å². The van der Waals surface area contributed by atoms with E-state index < -0.39 is 17.7 Å². The van der Waals surface area contributed by atoms with Gasteiger partial charge in [0, 0.05) is 13.7 Å². The van der Waals surface area contributed by atoms with E-state index >= 15 is 0 Å². The van der Waals surface area contributed by atoms with Gasteiger partial charge < -0.3 is 29.0 Å². The van der Waals surface area contributed by atoms with Crippen LogP contribution < -0.4 is 14.2 Å². The summed E-state index contributed by atoms with van der Waals surface area (Å²) in [6, 6.07) is 11.3. The molecule has 0 saturated carbocycles. The van der Waals surface area contributed by atoms with Gasteiger partial charge in [-0.3, -0.25) is 9.59 Å². The van der Waals surface area contributed by atoms with Gasteiger partial charge in [0.2, 0.25) is 0 Å². The third-order valence-electron chi connectivity index (χ3n) is 5.39. The molecule has 1 heterocycles. The predicted molar refractivity (Wildman–Crippen MR) is 123 cm³/mol. The van der Waals surface area contributed by atoms with Gasteiger partial charge in [-0.15, -0.1) is 0 Å². The highest BCUT2D eigenvalue weighted by Gasteiger charge is 2.46. The molecule has 8 heteroatoms. The Hall–Kier alpha value is -3.52. The maximum absolute atomic E-state index is 13.2. The number of methoxy groups -OCH3 is 3. The van der Waals surface area contributed by atoms with Crippen molar-refractivity contribution in [3.8, 4) is 17.2 Å². The summed E-state index contributed by atoms with van der Waals surface area (Å²) in [5.74, 6) is -0.634. The highest BCUT2D eigenvalue weighted by Crippen LogP contribution is 2.43. The molecule has 1 N–H and O–H groups in total. The third kappa shape index (κ3) is 4.80. The number of ketones is 1. The van der Waals surface area contributed by atoms with Crippen LogP contribution in [0, 0.1) is 0 Å². The number of hydrogen-bond donors (Lipinski definition) is 1. The fourth-order valence-electron chi connectivity index (χ4n) is 3.86. The van der Waals surface area contributed by atoms with Crippen molar-refractivity contribution in [2.75, 3.05) is 41.1 Å². The van der Waals surface area contributed by atoms with Gasteiger partial charge in [-0.05, 0) is 36.2 Å². The average molecular weight is 456 g/mol. The summed E-state index contributed by atoms with van der Waals surface area (Å²) in [4.78, 5) is 27.6. The standard InChI is InChI=1S/C25H29NO7/c1-5-13-33-17-9-6-8-16(15-17)22-21(24(28)25(29)26(22)12-14-30-2)23(27)20-18(31-3)10-7-11-19(20)32-4/h6-11,15,22,27H,5,12-14H2,1-4H3/b23-21+. The van der Waals surface area contributed by atoms with Crippen LogP contribution in [0.1, 0.15) is 30.5 Å². The van der Waals surface area contributed by atoms with Gasteiger partial charge in [0.05, 0.1) is 39.0 Å². The Bertz CT molecular complexity index is 1020. The number of carbonyl (C=O) groups is 2. The summed E-state index contributed by atoms with van der Waals surface area (Å²) >= 11 is 0. The van der Waals surface area contributed by atoms with Gasteiger partial charge in [0.15, 0.2) is 0 Å². The maximum Gasteiger partial charge on any atom is 0.295 e. The molecule has 2 aromatic carbocycles. The van der Waals surface area contributed by atoms with Gasteiger partial charge >= 0.3 is 0 Å². The number of Topliss-reactive ketones (excluding diaryl/α,β-unsaturated/α-hetero) is 1. The molecule has 33 heavy (non-hydrogen) atoms. The second kappa shape index (κ2) is 10.9. The second-order valence-electron chi connectivity index (χ2n) is 7.44. The monoisotopic (exact) mass is 455 g/mol. The number of aliphatic hydroxyl groups is 1. The molecular formula is C25H29NO7. The van der Waals surface area contributed by atoms with E-state index in [4.69, 9.17) is 18.9 Å². The Kier molecular flexibility index (Phi) is 7.95. The topological polar surface area (TPSA) is 94.5 Å². The molecule has 0 spiro atoms. The Balaban J connectivity index is 2.22. The lowest BCUT2D eigenvalue weighted by Gasteiger charge is -2.25. The quantitative estimate of drug-likeness (QED) is 0.333. The van der Waals surface area contributed by atoms with Crippen molar-refractivity contribution < 1.29 is 33.6 Å². The maximum atomic E-state index is 13.2. The predicted octanol–water partition coefficient (Wildman–Crippen LogP) is 3.56. The zero-order valence-corrected chi connectivity index (χ0v) is 19.3. The first-order chi connectivity index (χ1) is 16.0. The summed E-state index contributed by atoms with van der Waals surface area (Å²) in [5.41, 5.74) is 0.788. The van der Waals surface area contributed by atoms with Crippen molar-refractivity contribution in [2.45, 2.75) is 19.4 Å². The Morgan fingerprint density at radius 3 is 2.27 bits per heavy atom. The highest BCUT2D eigenvalue weighted by molar-refractivity contribution is 6.46. The minimum Gasteiger partial charge on any atom is -0.506 e. The fraction of sp³-hybridized carbons (Fsp3) is 0.360. The number of benzene rings is 2. The Morgan fingerprint density at radius 1 is 1.00 bits per heavy atom. The number of nitrogens with zero attached hydrogens (tertiary/aromatic N) is 1. The summed E-state index contributed by atoms with van der Waals surface area (Å²) in [6.45, 7) is 2.94. The molecule has 1 unspecified atom stereocenters. The van der Waals surface area contributed by atoms with E-state index in [1.807, 2.05) is 13.0 Å². The normalized spacial score (nSPS) is 17.3. The molecule has 0 bridgehead atoms. The van der Waals surface area contributed by atoms with Crippen LogP contribution in [-0.4, -0.2) is 62.8 Å². The number of aliphatic hydroxyl groups excluding tert-OH is 1. The van der Waals surface area contributed by atoms with E-state index in [-0.39, 0.29) is 30.0 Å². The van der Waals surface area contributed by atoms with Crippen LogP contribution in [0.25, 0.3) is 5.76 Å². The van der Waals surface area contributed by atoms with Gasteiger partial charge in [-0.2, -0.15) is 0 Å². The molecule has 176 valence electrons. The van der Waals surface area contributed by atoms with Crippen LogP contribution >= 0.6 is 0 Å².